The van der Waals surface area contributed by atoms with Gasteiger partial charge in [0.2, 0.25) is 0 Å². The molecule has 1 unspecified atom stereocenters. The zero-order chi connectivity index (χ0) is 11.4. The first kappa shape index (κ1) is 11.7. The van der Waals surface area contributed by atoms with Gasteiger partial charge in [0.05, 0.1) is 22.5 Å². The van der Waals surface area contributed by atoms with E-state index in [9.17, 15) is 0 Å². The first-order chi connectivity index (χ1) is 7.77. The third-order valence-electron chi connectivity index (χ3n) is 2.57. The van der Waals surface area contributed by atoms with E-state index in [1.54, 1.807) is 12.4 Å². The lowest BCUT2D eigenvalue weighted by Crippen LogP contribution is -2.26. The Labute approximate surface area is 103 Å². The van der Waals surface area contributed by atoms with Crippen molar-refractivity contribution in [2.45, 2.75) is 25.4 Å². The van der Waals surface area contributed by atoms with Crippen LogP contribution in [0.4, 0.5) is 5.69 Å². The minimum Gasteiger partial charge on any atom is -0.487 e. The quantitative estimate of drug-likeness (QED) is 0.927. The first-order valence-electron chi connectivity index (χ1n) is 5.41. The highest BCUT2D eigenvalue weighted by Gasteiger charge is 2.16. The molecule has 88 valence electrons. The molecule has 1 aliphatic heterocycles. The summed E-state index contributed by atoms with van der Waals surface area (Å²) in [6, 6.07) is 0. The van der Waals surface area contributed by atoms with Crippen molar-refractivity contribution in [2.75, 3.05) is 18.9 Å². The summed E-state index contributed by atoms with van der Waals surface area (Å²) in [4.78, 5) is 3.96. The lowest BCUT2D eigenvalue weighted by Gasteiger charge is -2.23. The summed E-state index contributed by atoms with van der Waals surface area (Å²) in [7, 11) is 0. The second-order valence-electron chi connectivity index (χ2n) is 3.84. The average Bonchev–Trinajstić information content (AvgIpc) is 2.30. The highest BCUT2D eigenvalue weighted by molar-refractivity contribution is 9.10. The fraction of sp³-hybridized carbons (Fsp3) is 0.545. The van der Waals surface area contributed by atoms with E-state index in [4.69, 9.17) is 15.2 Å². The van der Waals surface area contributed by atoms with Crippen LogP contribution in [0.1, 0.15) is 19.3 Å². The molecule has 4 nitrogen and oxygen atoms in total. The standard InChI is InChI=1S/C11H15BrN2O2/c12-9-5-14-6-10(13)11(9)16-7-8-3-1-2-4-15-8/h5-6,8H,1-4,7,13H2. The van der Waals surface area contributed by atoms with E-state index in [1.807, 2.05) is 0 Å². The predicted octanol–water partition coefficient (Wildman–Crippen LogP) is 2.37. The monoisotopic (exact) mass is 286 g/mol. The molecule has 0 bridgehead atoms. The van der Waals surface area contributed by atoms with Crippen molar-refractivity contribution in [1.29, 1.82) is 0 Å². The molecule has 0 saturated carbocycles. The van der Waals surface area contributed by atoms with Crippen molar-refractivity contribution in [3.05, 3.63) is 16.9 Å². The molecule has 16 heavy (non-hydrogen) atoms. The Balaban J connectivity index is 1.93. The van der Waals surface area contributed by atoms with Crippen LogP contribution >= 0.6 is 15.9 Å². The summed E-state index contributed by atoms with van der Waals surface area (Å²) in [5.41, 5.74) is 6.33. The van der Waals surface area contributed by atoms with Crippen molar-refractivity contribution in [1.82, 2.24) is 4.98 Å². The van der Waals surface area contributed by atoms with Crippen LogP contribution in [0.25, 0.3) is 0 Å². The van der Waals surface area contributed by atoms with Crippen LogP contribution in [-0.4, -0.2) is 24.3 Å². The van der Waals surface area contributed by atoms with E-state index < -0.39 is 0 Å². The third kappa shape index (κ3) is 2.86. The lowest BCUT2D eigenvalue weighted by atomic mass is 10.1. The topological polar surface area (TPSA) is 57.4 Å². The lowest BCUT2D eigenvalue weighted by molar-refractivity contribution is -0.0110. The predicted molar refractivity (Wildman–Crippen MR) is 65.4 cm³/mol. The molecule has 1 fully saturated rings. The maximum atomic E-state index is 5.78. The Morgan fingerprint density at radius 3 is 3.06 bits per heavy atom. The largest absolute Gasteiger partial charge is 0.487 e. The molecule has 5 heteroatoms. The highest BCUT2D eigenvalue weighted by atomic mass is 79.9. The zero-order valence-electron chi connectivity index (χ0n) is 8.99. The second kappa shape index (κ2) is 5.50. The van der Waals surface area contributed by atoms with E-state index in [2.05, 4.69) is 20.9 Å². The van der Waals surface area contributed by atoms with Crippen molar-refractivity contribution >= 4 is 21.6 Å². The maximum absolute atomic E-state index is 5.78. The number of nitrogen functional groups attached to an aromatic ring is 1. The molecule has 0 spiro atoms. The van der Waals surface area contributed by atoms with Gasteiger partial charge in [-0.25, -0.2) is 0 Å². The Morgan fingerprint density at radius 2 is 2.38 bits per heavy atom. The minimum absolute atomic E-state index is 0.188. The fourth-order valence-corrected chi connectivity index (χ4v) is 2.17. The van der Waals surface area contributed by atoms with Gasteiger partial charge in [0.15, 0.2) is 5.75 Å². The van der Waals surface area contributed by atoms with Gasteiger partial charge in [0.25, 0.3) is 0 Å². The number of hydrogen-bond donors (Lipinski definition) is 1. The van der Waals surface area contributed by atoms with E-state index in [-0.39, 0.29) is 6.10 Å². The van der Waals surface area contributed by atoms with Crippen LogP contribution in [0.2, 0.25) is 0 Å². The normalized spacial score (nSPS) is 20.7. The molecule has 0 amide bonds. The Hall–Kier alpha value is -0.810. The van der Waals surface area contributed by atoms with E-state index in [1.165, 1.54) is 6.42 Å². The molecule has 2 heterocycles. The van der Waals surface area contributed by atoms with Gasteiger partial charge in [-0.05, 0) is 35.2 Å². The molecular formula is C11H15BrN2O2. The summed E-state index contributed by atoms with van der Waals surface area (Å²) in [5.74, 6) is 0.657. The second-order valence-corrected chi connectivity index (χ2v) is 4.69. The number of rotatable bonds is 3. The van der Waals surface area contributed by atoms with Gasteiger partial charge in [0.1, 0.15) is 6.61 Å². The smallest absolute Gasteiger partial charge is 0.159 e. The van der Waals surface area contributed by atoms with Gasteiger partial charge in [-0.2, -0.15) is 0 Å². The maximum Gasteiger partial charge on any atom is 0.159 e. The van der Waals surface area contributed by atoms with Crippen LogP contribution in [0.5, 0.6) is 5.75 Å². The number of hydrogen-bond acceptors (Lipinski definition) is 4. The molecule has 2 N–H and O–H groups in total. The number of anilines is 1. The Morgan fingerprint density at radius 1 is 1.50 bits per heavy atom. The van der Waals surface area contributed by atoms with Gasteiger partial charge in [-0.15, -0.1) is 0 Å². The number of ether oxygens (including phenoxy) is 2. The molecule has 1 atom stereocenters. The molecule has 0 radical (unpaired) electrons. The molecule has 1 aromatic heterocycles. The van der Waals surface area contributed by atoms with Crippen molar-refractivity contribution < 1.29 is 9.47 Å². The summed E-state index contributed by atoms with van der Waals surface area (Å²) in [6.07, 6.45) is 6.87. The Kier molecular flexibility index (Phi) is 4.01. The molecule has 0 aromatic carbocycles. The number of nitrogens with zero attached hydrogens (tertiary/aromatic N) is 1. The van der Waals surface area contributed by atoms with E-state index in [0.29, 0.717) is 18.0 Å². The van der Waals surface area contributed by atoms with Crippen molar-refractivity contribution in [3.8, 4) is 5.75 Å². The summed E-state index contributed by atoms with van der Waals surface area (Å²) < 4.78 is 12.0. The highest BCUT2D eigenvalue weighted by Crippen LogP contribution is 2.30. The van der Waals surface area contributed by atoms with Gasteiger partial charge in [-0.3, -0.25) is 4.98 Å². The van der Waals surface area contributed by atoms with Crippen LogP contribution in [0, 0.1) is 0 Å². The van der Waals surface area contributed by atoms with Crippen LogP contribution in [-0.2, 0) is 4.74 Å². The first-order valence-corrected chi connectivity index (χ1v) is 6.20. The fourth-order valence-electron chi connectivity index (χ4n) is 1.71. The van der Waals surface area contributed by atoms with Crippen molar-refractivity contribution in [2.24, 2.45) is 0 Å². The molecule has 0 aliphatic carbocycles. The summed E-state index contributed by atoms with van der Waals surface area (Å²) in [5, 5.41) is 0. The summed E-state index contributed by atoms with van der Waals surface area (Å²) >= 11 is 3.36. The number of aromatic nitrogens is 1. The molecular weight excluding hydrogens is 272 g/mol. The summed E-state index contributed by atoms with van der Waals surface area (Å²) in [6.45, 7) is 1.38. The van der Waals surface area contributed by atoms with Gasteiger partial charge in [-0.1, -0.05) is 0 Å². The average molecular weight is 287 g/mol. The third-order valence-corrected chi connectivity index (χ3v) is 3.13. The van der Waals surface area contributed by atoms with Crippen molar-refractivity contribution in [3.63, 3.8) is 0 Å². The number of nitrogens with two attached hydrogens (primary N) is 1. The van der Waals surface area contributed by atoms with Crippen LogP contribution < -0.4 is 10.5 Å². The van der Waals surface area contributed by atoms with Gasteiger partial charge >= 0.3 is 0 Å². The zero-order valence-corrected chi connectivity index (χ0v) is 10.6. The van der Waals surface area contributed by atoms with E-state index >= 15 is 0 Å². The SMILES string of the molecule is Nc1cncc(Br)c1OCC1CCCCO1. The Bertz CT molecular complexity index is 334. The van der Waals surface area contributed by atoms with Crippen LogP contribution in [0.3, 0.4) is 0 Å². The number of halogens is 1. The molecule has 2 rings (SSSR count). The molecule has 1 saturated heterocycles. The van der Waals surface area contributed by atoms with Gasteiger partial charge in [0, 0.05) is 12.8 Å². The number of pyridine rings is 1. The molecule has 1 aliphatic rings. The minimum atomic E-state index is 0.188. The van der Waals surface area contributed by atoms with Crippen LogP contribution in [0.15, 0.2) is 16.9 Å². The van der Waals surface area contributed by atoms with Gasteiger partial charge < -0.3 is 15.2 Å². The molecule has 1 aromatic rings. The van der Waals surface area contributed by atoms with E-state index in [0.717, 1.165) is 23.9 Å².